The van der Waals surface area contributed by atoms with Crippen molar-refractivity contribution >= 4 is 17.6 Å². The molecule has 0 radical (unpaired) electrons. The topological polar surface area (TPSA) is 67.2 Å². The molecule has 2 aromatic heterocycles. The number of amides is 2. The van der Waals surface area contributed by atoms with Crippen LogP contribution in [0.2, 0.25) is 0 Å². The molecule has 0 bridgehead atoms. The van der Waals surface area contributed by atoms with Gasteiger partial charge in [-0.1, -0.05) is 12.1 Å². The fraction of sp³-hybridized carbons (Fsp3) is 0.444. The Hall–Kier alpha value is -3.35. The van der Waals surface area contributed by atoms with Gasteiger partial charge in [-0.2, -0.15) is 0 Å². The Morgan fingerprint density at radius 3 is 2.26 bits per heavy atom. The number of aryl methyl sites for hydroxylation is 3. The number of fused-ring (bicyclic) bond motifs is 1. The van der Waals surface area contributed by atoms with Crippen molar-refractivity contribution in [3.05, 3.63) is 58.9 Å². The molecule has 3 heterocycles. The minimum absolute atomic E-state index is 0.0382. The monoisotopic (exact) mass is 462 g/mol. The lowest BCUT2D eigenvalue weighted by Gasteiger charge is -2.35. The zero-order chi connectivity index (χ0) is 24.6. The summed E-state index contributed by atoms with van der Waals surface area (Å²) < 4.78 is 7.49. The van der Waals surface area contributed by atoms with Crippen molar-refractivity contribution in [1.82, 2.24) is 19.2 Å². The van der Waals surface area contributed by atoms with Crippen LogP contribution in [0.3, 0.4) is 0 Å². The summed E-state index contributed by atoms with van der Waals surface area (Å²) in [6.07, 6.45) is 1.92. The normalized spacial score (nSPS) is 14.5. The Kier molecular flexibility index (Phi) is 6.39. The summed E-state index contributed by atoms with van der Waals surface area (Å²) in [7, 11) is 0. The van der Waals surface area contributed by atoms with E-state index in [2.05, 4.69) is 32.0 Å². The summed E-state index contributed by atoms with van der Waals surface area (Å²) >= 11 is 0. The van der Waals surface area contributed by atoms with Crippen LogP contribution in [0.5, 0.6) is 0 Å². The van der Waals surface area contributed by atoms with Crippen molar-refractivity contribution in [2.45, 2.75) is 53.6 Å². The largest absolute Gasteiger partial charge is 0.444 e. The molecule has 1 aromatic carbocycles. The Morgan fingerprint density at radius 1 is 0.941 bits per heavy atom. The lowest BCUT2D eigenvalue weighted by molar-refractivity contribution is -0.132. The number of pyridine rings is 1. The van der Waals surface area contributed by atoms with Gasteiger partial charge in [0.2, 0.25) is 5.91 Å². The number of carbonyl (C=O) groups is 2. The maximum absolute atomic E-state index is 13.3. The van der Waals surface area contributed by atoms with E-state index in [0.29, 0.717) is 26.2 Å². The van der Waals surface area contributed by atoms with Crippen LogP contribution in [-0.2, 0) is 16.0 Å². The molecule has 0 saturated carbocycles. The predicted octanol–water partition coefficient (Wildman–Crippen LogP) is 4.55. The van der Waals surface area contributed by atoms with Crippen LogP contribution in [-0.4, -0.2) is 63.0 Å². The molecule has 7 nitrogen and oxygen atoms in total. The first-order valence-electron chi connectivity index (χ1n) is 11.8. The molecule has 180 valence electrons. The van der Waals surface area contributed by atoms with Crippen LogP contribution in [0.25, 0.3) is 16.9 Å². The van der Waals surface area contributed by atoms with Crippen LogP contribution in [0, 0.1) is 20.8 Å². The third kappa shape index (κ3) is 5.08. The molecule has 0 atom stereocenters. The summed E-state index contributed by atoms with van der Waals surface area (Å²) in [5.41, 5.74) is 6.60. The van der Waals surface area contributed by atoms with Crippen LogP contribution >= 0.6 is 0 Å². The number of hydrogen-bond acceptors (Lipinski definition) is 4. The second-order valence-corrected chi connectivity index (χ2v) is 10.2. The molecule has 2 amide bonds. The van der Waals surface area contributed by atoms with Crippen molar-refractivity contribution in [2.24, 2.45) is 0 Å². The minimum atomic E-state index is -0.532. The van der Waals surface area contributed by atoms with Gasteiger partial charge in [-0.3, -0.25) is 4.79 Å². The number of benzene rings is 1. The average molecular weight is 463 g/mol. The van der Waals surface area contributed by atoms with E-state index in [4.69, 9.17) is 9.72 Å². The first-order chi connectivity index (χ1) is 16.0. The highest BCUT2D eigenvalue weighted by Gasteiger charge is 2.28. The van der Waals surface area contributed by atoms with Gasteiger partial charge in [0.05, 0.1) is 17.8 Å². The SMILES string of the molecule is Cc1ccn2c(CC(=O)N3CCN(C(=O)OC(C)(C)C)CC3)c(-c3ccc(C)c(C)c3)nc2c1. The van der Waals surface area contributed by atoms with Gasteiger partial charge in [-0.05, 0) is 76.4 Å². The van der Waals surface area contributed by atoms with E-state index in [1.54, 1.807) is 4.90 Å². The highest BCUT2D eigenvalue weighted by atomic mass is 16.6. The van der Waals surface area contributed by atoms with Gasteiger partial charge in [0.15, 0.2) is 0 Å². The van der Waals surface area contributed by atoms with E-state index >= 15 is 0 Å². The molecular formula is C27H34N4O3. The number of nitrogens with zero attached hydrogens (tertiary/aromatic N) is 4. The van der Waals surface area contributed by atoms with E-state index in [9.17, 15) is 9.59 Å². The predicted molar refractivity (Wildman–Crippen MR) is 133 cm³/mol. The molecule has 3 aromatic rings. The van der Waals surface area contributed by atoms with Crippen LogP contribution in [0.4, 0.5) is 4.79 Å². The quantitative estimate of drug-likeness (QED) is 0.573. The van der Waals surface area contributed by atoms with Gasteiger partial charge in [0.1, 0.15) is 11.2 Å². The Morgan fingerprint density at radius 2 is 1.62 bits per heavy atom. The van der Waals surface area contributed by atoms with E-state index in [1.807, 2.05) is 55.3 Å². The smallest absolute Gasteiger partial charge is 0.410 e. The maximum atomic E-state index is 13.3. The van der Waals surface area contributed by atoms with Gasteiger partial charge in [-0.15, -0.1) is 0 Å². The van der Waals surface area contributed by atoms with Gasteiger partial charge in [0, 0.05) is 37.9 Å². The molecule has 0 N–H and O–H groups in total. The maximum Gasteiger partial charge on any atom is 0.410 e. The highest BCUT2D eigenvalue weighted by molar-refractivity contribution is 5.82. The van der Waals surface area contributed by atoms with Gasteiger partial charge in [-0.25, -0.2) is 9.78 Å². The highest BCUT2D eigenvalue weighted by Crippen LogP contribution is 2.28. The zero-order valence-electron chi connectivity index (χ0n) is 21.0. The van der Waals surface area contributed by atoms with Gasteiger partial charge >= 0.3 is 6.09 Å². The molecule has 0 aliphatic carbocycles. The van der Waals surface area contributed by atoms with Crippen LogP contribution in [0.1, 0.15) is 43.2 Å². The second kappa shape index (κ2) is 9.12. The molecule has 0 spiro atoms. The molecule has 1 aliphatic rings. The fourth-order valence-corrected chi connectivity index (χ4v) is 4.21. The first kappa shape index (κ1) is 23.8. The number of piperazine rings is 1. The van der Waals surface area contributed by atoms with Crippen molar-refractivity contribution in [1.29, 1.82) is 0 Å². The molecule has 4 rings (SSSR count). The summed E-state index contributed by atoms with van der Waals surface area (Å²) in [4.78, 5) is 34.1. The summed E-state index contributed by atoms with van der Waals surface area (Å²) in [6, 6.07) is 10.4. The second-order valence-electron chi connectivity index (χ2n) is 10.2. The van der Waals surface area contributed by atoms with Gasteiger partial charge in [0.25, 0.3) is 0 Å². The first-order valence-corrected chi connectivity index (χ1v) is 11.8. The molecule has 1 fully saturated rings. The minimum Gasteiger partial charge on any atom is -0.444 e. The fourth-order valence-electron chi connectivity index (χ4n) is 4.21. The van der Waals surface area contributed by atoms with E-state index in [0.717, 1.165) is 28.2 Å². The number of ether oxygens (including phenoxy) is 1. The van der Waals surface area contributed by atoms with Crippen LogP contribution in [0.15, 0.2) is 36.5 Å². The zero-order valence-corrected chi connectivity index (χ0v) is 21.0. The lowest BCUT2D eigenvalue weighted by atomic mass is 10.0. The van der Waals surface area contributed by atoms with E-state index in [-0.39, 0.29) is 18.4 Å². The van der Waals surface area contributed by atoms with E-state index < -0.39 is 5.60 Å². The summed E-state index contributed by atoms with van der Waals surface area (Å²) in [5.74, 6) is 0.0382. The number of aromatic nitrogens is 2. The van der Waals surface area contributed by atoms with Crippen LogP contribution < -0.4 is 0 Å². The van der Waals surface area contributed by atoms with Crippen molar-refractivity contribution in [2.75, 3.05) is 26.2 Å². The Balaban J connectivity index is 1.55. The van der Waals surface area contributed by atoms with Crippen molar-refractivity contribution < 1.29 is 14.3 Å². The molecule has 1 aliphatic heterocycles. The molecule has 0 unspecified atom stereocenters. The summed E-state index contributed by atoms with van der Waals surface area (Å²) in [5, 5.41) is 0. The molecule has 7 heteroatoms. The number of rotatable bonds is 3. The lowest BCUT2D eigenvalue weighted by Crippen LogP contribution is -2.52. The Bertz CT molecular complexity index is 1230. The number of imidazole rings is 1. The van der Waals surface area contributed by atoms with Crippen molar-refractivity contribution in [3.8, 4) is 11.3 Å². The Labute approximate surface area is 201 Å². The summed E-state index contributed by atoms with van der Waals surface area (Å²) in [6.45, 7) is 13.7. The molecule has 34 heavy (non-hydrogen) atoms. The number of carbonyl (C=O) groups excluding carboxylic acids is 2. The molecule has 1 saturated heterocycles. The van der Waals surface area contributed by atoms with Crippen molar-refractivity contribution in [3.63, 3.8) is 0 Å². The van der Waals surface area contributed by atoms with Gasteiger partial charge < -0.3 is 18.9 Å². The molecular weight excluding hydrogens is 428 g/mol. The third-order valence-corrected chi connectivity index (χ3v) is 6.26. The average Bonchev–Trinajstić information content (AvgIpc) is 3.11. The van der Waals surface area contributed by atoms with E-state index in [1.165, 1.54) is 11.1 Å². The number of hydrogen-bond donors (Lipinski definition) is 0. The third-order valence-electron chi connectivity index (χ3n) is 6.26. The standard InChI is InChI=1S/C27H34N4O3/c1-18-9-10-31-22(25(28-23(31)15-18)21-8-7-19(2)20(3)16-21)17-24(32)29-11-13-30(14-12-29)26(33)34-27(4,5)6/h7-10,15-16H,11-14,17H2,1-6H3.